The molecule has 2 unspecified atom stereocenters. The maximum atomic E-state index is 3.90. The average molecular weight is 211 g/mol. The molecule has 2 atom stereocenters. The van der Waals surface area contributed by atoms with E-state index in [-0.39, 0.29) is 0 Å². The molecule has 0 saturated carbocycles. The third-order valence-corrected chi connectivity index (χ3v) is 2.49. The van der Waals surface area contributed by atoms with Crippen molar-refractivity contribution >= 4 is 22.6 Å². The molecule has 0 aliphatic rings. The summed E-state index contributed by atoms with van der Waals surface area (Å²) in [6.45, 7) is 8.32. The smallest absolute Gasteiger partial charge is 0.0135 e. The van der Waals surface area contributed by atoms with E-state index in [4.69, 9.17) is 0 Å². The first-order valence-electron chi connectivity index (χ1n) is 2.65. The van der Waals surface area contributed by atoms with Gasteiger partial charge in [0.05, 0.1) is 0 Å². The van der Waals surface area contributed by atoms with Crippen LogP contribution in [0.25, 0.3) is 0 Å². The molecule has 43 valence electrons. The lowest BCUT2D eigenvalue weighted by molar-refractivity contribution is 0.595. The summed E-state index contributed by atoms with van der Waals surface area (Å²) < 4.78 is 0.586. The summed E-state index contributed by atoms with van der Waals surface area (Å²) in [5, 5.41) is 0. The number of hydrogen-bond donors (Lipinski definition) is 0. The molecule has 1 radical (unpaired) electrons. The summed E-state index contributed by atoms with van der Waals surface area (Å²) in [5.74, 6) is 0.778. The zero-order valence-corrected chi connectivity index (χ0v) is 7.10. The first-order valence-corrected chi connectivity index (χ1v) is 3.90. The normalized spacial score (nSPS) is 18.9. The van der Waals surface area contributed by atoms with Crippen LogP contribution in [0.3, 0.4) is 0 Å². The van der Waals surface area contributed by atoms with Crippen molar-refractivity contribution in [3.8, 4) is 0 Å². The lowest BCUT2D eigenvalue weighted by Crippen LogP contribution is -2.03. The van der Waals surface area contributed by atoms with Crippen LogP contribution in [0.2, 0.25) is 0 Å². The highest BCUT2D eigenvalue weighted by Gasteiger charge is 2.03. The molecule has 0 aromatic rings. The Morgan fingerprint density at radius 1 is 1.71 bits per heavy atom. The molecule has 0 nitrogen and oxygen atoms in total. The van der Waals surface area contributed by atoms with Crippen molar-refractivity contribution in [1.82, 2.24) is 0 Å². The molecule has 0 heterocycles. The van der Waals surface area contributed by atoms with Crippen LogP contribution >= 0.6 is 22.6 Å². The quantitative estimate of drug-likeness (QED) is 0.486. The van der Waals surface area contributed by atoms with Crippen LogP contribution in [0.15, 0.2) is 0 Å². The molecule has 0 aromatic heterocycles. The van der Waals surface area contributed by atoms with Crippen LogP contribution in [0.4, 0.5) is 0 Å². The van der Waals surface area contributed by atoms with Crippen LogP contribution in [0, 0.1) is 12.8 Å². The van der Waals surface area contributed by atoms with Gasteiger partial charge in [0.1, 0.15) is 0 Å². The Kier molecular flexibility index (Phi) is 4.08. The Labute approximate surface area is 59.8 Å². The Bertz CT molecular complexity index is 41.4. The molecule has 0 saturated heterocycles. The van der Waals surface area contributed by atoms with Gasteiger partial charge < -0.3 is 0 Å². The zero-order valence-electron chi connectivity index (χ0n) is 4.95. The highest BCUT2D eigenvalue weighted by Crippen LogP contribution is 2.14. The van der Waals surface area contributed by atoms with Crippen LogP contribution < -0.4 is 0 Å². The van der Waals surface area contributed by atoms with E-state index in [1.54, 1.807) is 0 Å². The van der Waals surface area contributed by atoms with Gasteiger partial charge in [0.15, 0.2) is 0 Å². The monoisotopic (exact) mass is 211 g/mol. The van der Waals surface area contributed by atoms with E-state index in [0.29, 0.717) is 3.92 Å². The van der Waals surface area contributed by atoms with Gasteiger partial charge in [-0.3, -0.25) is 0 Å². The van der Waals surface area contributed by atoms with E-state index in [9.17, 15) is 0 Å². The topological polar surface area (TPSA) is 0 Å². The lowest BCUT2D eigenvalue weighted by Gasteiger charge is -2.08. The minimum absolute atomic E-state index is 0.586. The maximum Gasteiger partial charge on any atom is 0.0135 e. The number of halogens is 1. The van der Waals surface area contributed by atoms with E-state index < -0.39 is 0 Å². The van der Waals surface area contributed by atoms with Gasteiger partial charge in [-0.05, 0) is 12.8 Å². The maximum absolute atomic E-state index is 3.90. The second kappa shape index (κ2) is 3.70. The van der Waals surface area contributed by atoms with Crippen LogP contribution in [0.5, 0.6) is 0 Å². The summed E-state index contributed by atoms with van der Waals surface area (Å²) >= 11 is 2.36. The van der Waals surface area contributed by atoms with Gasteiger partial charge in [0, 0.05) is 3.92 Å². The average Bonchev–Trinajstić information content (AvgIpc) is 1.65. The molecule has 0 aliphatic carbocycles. The fourth-order valence-corrected chi connectivity index (χ4v) is 0.764. The van der Waals surface area contributed by atoms with Gasteiger partial charge in [0.25, 0.3) is 0 Å². The van der Waals surface area contributed by atoms with Gasteiger partial charge >= 0.3 is 0 Å². The predicted molar refractivity (Wildman–Crippen MR) is 42.6 cm³/mol. The molecule has 0 amide bonds. The summed E-state index contributed by atoms with van der Waals surface area (Å²) in [4.78, 5) is 0. The van der Waals surface area contributed by atoms with Crippen LogP contribution in [-0.4, -0.2) is 3.92 Å². The Morgan fingerprint density at radius 3 is 2.14 bits per heavy atom. The van der Waals surface area contributed by atoms with Crippen molar-refractivity contribution in [3.63, 3.8) is 0 Å². The highest BCUT2D eigenvalue weighted by atomic mass is 127. The van der Waals surface area contributed by atoms with Gasteiger partial charge in [0.2, 0.25) is 0 Å². The fourth-order valence-electron chi connectivity index (χ4n) is 0.256. The van der Waals surface area contributed by atoms with Gasteiger partial charge in [-0.15, -0.1) is 0 Å². The molecule has 0 bridgehead atoms. The van der Waals surface area contributed by atoms with E-state index in [1.165, 1.54) is 6.42 Å². The molecule has 1 heteroatoms. The number of alkyl halides is 1. The molecular weight excluding hydrogens is 199 g/mol. The van der Waals surface area contributed by atoms with Crippen molar-refractivity contribution in [2.75, 3.05) is 0 Å². The molecule has 0 rings (SSSR count). The van der Waals surface area contributed by atoms with Gasteiger partial charge in [-0.25, -0.2) is 0 Å². The molecule has 0 N–H and O–H groups in total. The molecule has 0 fully saturated rings. The fraction of sp³-hybridized carbons (Fsp3) is 0.833. The Balaban J connectivity index is 3.14. The lowest BCUT2D eigenvalue weighted by atomic mass is 10.1. The number of hydrogen-bond acceptors (Lipinski definition) is 0. The minimum Gasteiger partial charge on any atom is -0.0823 e. The van der Waals surface area contributed by atoms with Crippen LogP contribution in [0.1, 0.15) is 20.3 Å². The van der Waals surface area contributed by atoms with E-state index >= 15 is 0 Å². The van der Waals surface area contributed by atoms with Crippen molar-refractivity contribution in [2.24, 2.45) is 5.92 Å². The van der Waals surface area contributed by atoms with E-state index in [1.807, 2.05) is 0 Å². The SMILES string of the molecule is [CH2]C(I)C(C)CC. The first kappa shape index (κ1) is 7.73. The molecule has 0 spiro atoms. The van der Waals surface area contributed by atoms with Crippen molar-refractivity contribution in [3.05, 3.63) is 6.92 Å². The predicted octanol–water partition coefficient (Wildman–Crippen LogP) is 2.67. The Hall–Kier alpha value is 0.730. The molecule has 7 heavy (non-hydrogen) atoms. The van der Waals surface area contributed by atoms with Crippen molar-refractivity contribution < 1.29 is 0 Å². The Morgan fingerprint density at radius 2 is 2.14 bits per heavy atom. The van der Waals surface area contributed by atoms with E-state index in [2.05, 4.69) is 43.4 Å². The largest absolute Gasteiger partial charge is 0.0823 e. The molecular formula is C6H12I. The van der Waals surface area contributed by atoms with Crippen molar-refractivity contribution in [2.45, 2.75) is 24.2 Å². The minimum atomic E-state index is 0.586. The van der Waals surface area contributed by atoms with E-state index in [0.717, 1.165) is 5.92 Å². The number of rotatable bonds is 2. The summed E-state index contributed by atoms with van der Waals surface area (Å²) in [6.07, 6.45) is 1.25. The standard InChI is InChI=1S/C6H12I/c1-4-5(2)6(3)7/h5-6H,3-4H2,1-2H3. The van der Waals surface area contributed by atoms with Crippen molar-refractivity contribution in [1.29, 1.82) is 0 Å². The zero-order chi connectivity index (χ0) is 5.86. The second-order valence-corrected chi connectivity index (χ2v) is 3.50. The second-order valence-electron chi connectivity index (χ2n) is 1.90. The highest BCUT2D eigenvalue weighted by molar-refractivity contribution is 14.1. The summed E-state index contributed by atoms with van der Waals surface area (Å²) in [7, 11) is 0. The van der Waals surface area contributed by atoms with Crippen LogP contribution in [-0.2, 0) is 0 Å². The molecule has 0 aliphatic heterocycles. The third-order valence-electron chi connectivity index (χ3n) is 1.26. The first-order chi connectivity index (χ1) is 3.18. The summed E-state index contributed by atoms with van der Waals surface area (Å²) in [6, 6.07) is 0. The third kappa shape index (κ3) is 3.32. The van der Waals surface area contributed by atoms with Gasteiger partial charge in [-0.2, -0.15) is 0 Å². The molecule has 0 aromatic carbocycles. The van der Waals surface area contributed by atoms with Gasteiger partial charge in [-0.1, -0.05) is 42.9 Å². The summed E-state index contributed by atoms with van der Waals surface area (Å²) in [5.41, 5.74) is 0.